The van der Waals surface area contributed by atoms with Crippen LogP contribution in [0, 0.1) is 5.82 Å². The largest absolute Gasteiger partial charge is 0.207 e. The van der Waals surface area contributed by atoms with Crippen molar-refractivity contribution in [2.24, 2.45) is 0 Å². The van der Waals surface area contributed by atoms with Crippen LogP contribution >= 0.6 is 23.2 Å². The number of benzene rings is 1. The van der Waals surface area contributed by atoms with Crippen molar-refractivity contribution in [2.45, 2.75) is 38.0 Å². The molecule has 0 aliphatic rings. The van der Waals surface area contributed by atoms with Crippen LogP contribution in [0.5, 0.6) is 0 Å². The van der Waals surface area contributed by atoms with Crippen LogP contribution in [0.4, 0.5) is 4.39 Å². The Kier molecular flexibility index (Phi) is 5.41. The van der Waals surface area contributed by atoms with Crippen LogP contribution in [-0.4, -0.2) is 5.38 Å². The van der Waals surface area contributed by atoms with Crippen molar-refractivity contribution in [2.75, 3.05) is 0 Å². The normalized spacial score (nSPS) is 12.8. The Morgan fingerprint density at radius 3 is 2.67 bits per heavy atom. The topological polar surface area (TPSA) is 0 Å². The first-order valence-corrected chi connectivity index (χ1v) is 6.03. The van der Waals surface area contributed by atoms with Crippen LogP contribution in [0.15, 0.2) is 18.2 Å². The van der Waals surface area contributed by atoms with E-state index in [1.165, 1.54) is 6.07 Å². The molecule has 1 atom stereocenters. The predicted molar refractivity (Wildman–Crippen MR) is 64.3 cm³/mol. The van der Waals surface area contributed by atoms with Gasteiger partial charge in [0.1, 0.15) is 5.82 Å². The fourth-order valence-corrected chi connectivity index (χ4v) is 2.11. The number of rotatable bonds is 5. The molecule has 1 rings (SSSR count). The van der Waals surface area contributed by atoms with Gasteiger partial charge in [0.05, 0.1) is 0 Å². The smallest absolute Gasteiger partial charge is 0.127 e. The van der Waals surface area contributed by atoms with Crippen LogP contribution < -0.4 is 0 Å². The van der Waals surface area contributed by atoms with Gasteiger partial charge in [-0.1, -0.05) is 31.0 Å². The zero-order valence-corrected chi connectivity index (χ0v) is 10.3. The maximum absolute atomic E-state index is 13.4. The third-order valence-corrected chi connectivity index (χ3v) is 3.16. The first-order valence-electron chi connectivity index (χ1n) is 5.22. The second kappa shape index (κ2) is 6.34. The van der Waals surface area contributed by atoms with E-state index in [0.717, 1.165) is 19.3 Å². The summed E-state index contributed by atoms with van der Waals surface area (Å²) in [5, 5.41) is 0.612. The second-order valence-electron chi connectivity index (χ2n) is 3.62. The highest BCUT2D eigenvalue weighted by molar-refractivity contribution is 6.31. The van der Waals surface area contributed by atoms with Crippen molar-refractivity contribution in [3.8, 4) is 0 Å². The SMILES string of the molecule is CCCC(Cl)CCc1c(F)cccc1Cl. The van der Waals surface area contributed by atoms with Gasteiger partial charge in [0, 0.05) is 16.0 Å². The van der Waals surface area contributed by atoms with E-state index in [2.05, 4.69) is 6.92 Å². The summed E-state index contributed by atoms with van der Waals surface area (Å²) in [5.41, 5.74) is 0.584. The minimum absolute atomic E-state index is 0.116. The molecule has 1 aromatic carbocycles. The predicted octanol–water partition coefficient (Wildman–Crippen LogP) is 4.82. The first-order chi connectivity index (χ1) is 7.15. The van der Waals surface area contributed by atoms with Crippen molar-refractivity contribution >= 4 is 23.2 Å². The van der Waals surface area contributed by atoms with Gasteiger partial charge in [-0.05, 0) is 31.4 Å². The van der Waals surface area contributed by atoms with Crippen LogP contribution in [0.2, 0.25) is 5.02 Å². The molecule has 0 aromatic heterocycles. The number of hydrogen-bond acceptors (Lipinski definition) is 0. The second-order valence-corrected chi connectivity index (χ2v) is 4.65. The summed E-state index contributed by atoms with van der Waals surface area (Å²) in [6.07, 6.45) is 3.41. The summed E-state index contributed by atoms with van der Waals surface area (Å²) in [7, 11) is 0. The van der Waals surface area contributed by atoms with Crippen LogP contribution in [-0.2, 0) is 6.42 Å². The van der Waals surface area contributed by atoms with E-state index in [0.29, 0.717) is 17.0 Å². The Bertz CT molecular complexity index is 292. The Morgan fingerprint density at radius 1 is 1.33 bits per heavy atom. The van der Waals surface area contributed by atoms with Gasteiger partial charge in [-0.2, -0.15) is 0 Å². The lowest BCUT2D eigenvalue weighted by Crippen LogP contribution is -2.02. The van der Waals surface area contributed by atoms with E-state index < -0.39 is 0 Å². The minimum Gasteiger partial charge on any atom is -0.207 e. The molecule has 0 N–H and O–H groups in total. The lowest BCUT2D eigenvalue weighted by Gasteiger charge is -2.09. The highest BCUT2D eigenvalue weighted by Gasteiger charge is 2.09. The van der Waals surface area contributed by atoms with Gasteiger partial charge in [0.2, 0.25) is 0 Å². The summed E-state index contributed by atoms with van der Waals surface area (Å²) >= 11 is 12.0. The van der Waals surface area contributed by atoms with Crippen molar-refractivity contribution in [1.82, 2.24) is 0 Å². The standard InChI is InChI=1S/C12H15Cl2F/c1-2-4-9(13)7-8-10-11(14)5-3-6-12(10)15/h3,5-6,9H,2,4,7-8H2,1H3. The zero-order valence-electron chi connectivity index (χ0n) is 8.77. The molecule has 0 bridgehead atoms. The van der Waals surface area contributed by atoms with Gasteiger partial charge < -0.3 is 0 Å². The van der Waals surface area contributed by atoms with E-state index in [4.69, 9.17) is 23.2 Å². The molecule has 0 radical (unpaired) electrons. The van der Waals surface area contributed by atoms with Gasteiger partial charge in [-0.3, -0.25) is 0 Å². The van der Waals surface area contributed by atoms with E-state index in [1.54, 1.807) is 12.1 Å². The third-order valence-electron chi connectivity index (χ3n) is 2.37. The highest BCUT2D eigenvalue weighted by atomic mass is 35.5. The van der Waals surface area contributed by atoms with Gasteiger partial charge in [-0.15, -0.1) is 11.6 Å². The van der Waals surface area contributed by atoms with Crippen molar-refractivity contribution in [3.63, 3.8) is 0 Å². The fraction of sp³-hybridized carbons (Fsp3) is 0.500. The monoisotopic (exact) mass is 248 g/mol. The lowest BCUT2D eigenvalue weighted by molar-refractivity contribution is 0.596. The Morgan fingerprint density at radius 2 is 2.07 bits per heavy atom. The average Bonchev–Trinajstić information content (AvgIpc) is 2.17. The molecule has 0 nitrogen and oxygen atoms in total. The molecule has 3 heteroatoms. The molecule has 1 aromatic rings. The van der Waals surface area contributed by atoms with E-state index in [1.807, 2.05) is 0 Å². The molecule has 15 heavy (non-hydrogen) atoms. The van der Waals surface area contributed by atoms with Crippen LogP contribution in [0.3, 0.4) is 0 Å². The first kappa shape index (κ1) is 12.8. The summed E-state index contributed by atoms with van der Waals surface area (Å²) in [6.45, 7) is 2.09. The summed E-state index contributed by atoms with van der Waals surface area (Å²) < 4.78 is 13.4. The van der Waals surface area contributed by atoms with Crippen LogP contribution in [0.1, 0.15) is 31.7 Å². The molecular formula is C12H15Cl2F. The van der Waals surface area contributed by atoms with E-state index >= 15 is 0 Å². The molecule has 1 unspecified atom stereocenters. The summed E-state index contributed by atoms with van der Waals surface area (Å²) in [5.74, 6) is -0.233. The van der Waals surface area contributed by atoms with Gasteiger partial charge in [0.15, 0.2) is 0 Å². The number of hydrogen-bond donors (Lipinski definition) is 0. The Labute approximate surface area is 100 Å². The highest BCUT2D eigenvalue weighted by Crippen LogP contribution is 2.22. The third kappa shape index (κ3) is 4.00. The maximum atomic E-state index is 13.4. The van der Waals surface area contributed by atoms with E-state index in [9.17, 15) is 4.39 Å². The molecule has 0 saturated heterocycles. The maximum Gasteiger partial charge on any atom is 0.127 e. The molecular weight excluding hydrogens is 234 g/mol. The summed E-state index contributed by atoms with van der Waals surface area (Å²) in [6, 6.07) is 4.76. The van der Waals surface area contributed by atoms with Crippen molar-refractivity contribution in [3.05, 3.63) is 34.6 Å². The van der Waals surface area contributed by atoms with Gasteiger partial charge in [-0.25, -0.2) is 4.39 Å². The van der Waals surface area contributed by atoms with Crippen LogP contribution in [0.25, 0.3) is 0 Å². The minimum atomic E-state index is -0.233. The molecule has 84 valence electrons. The average molecular weight is 249 g/mol. The fourth-order valence-electron chi connectivity index (χ4n) is 1.53. The molecule has 0 amide bonds. The molecule has 0 saturated carbocycles. The Balaban J connectivity index is 2.57. The van der Waals surface area contributed by atoms with Crippen molar-refractivity contribution in [1.29, 1.82) is 0 Å². The summed E-state index contributed by atoms with van der Waals surface area (Å²) in [4.78, 5) is 0. The molecule has 0 fully saturated rings. The molecule has 0 spiro atoms. The molecule has 0 aliphatic carbocycles. The zero-order chi connectivity index (χ0) is 11.3. The quantitative estimate of drug-likeness (QED) is 0.656. The van der Waals surface area contributed by atoms with E-state index in [-0.39, 0.29) is 11.2 Å². The molecule has 0 heterocycles. The number of halogens is 3. The molecule has 0 aliphatic heterocycles. The Hall–Kier alpha value is -0.270. The van der Waals surface area contributed by atoms with Gasteiger partial charge >= 0.3 is 0 Å². The van der Waals surface area contributed by atoms with Crippen molar-refractivity contribution < 1.29 is 4.39 Å². The number of alkyl halides is 1. The van der Waals surface area contributed by atoms with Gasteiger partial charge in [0.25, 0.3) is 0 Å². The lowest BCUT2D eigenvalue weighted by atomic mass is 10.1.